The van der Waals surface area contributed by atoms with Gasteiger partial charge in [0, 0.05) is 42.5 Å². The first-order valence-corrected chi connectivity index (χ1v) is 12.9. The maximum absolute atomic E-state index is 12.9. The van der Waals surface area contributed by atoms with Crippen LogP contribution in [0.4, 0.5) is 5.69 Å². The predicted octanol–water partition coefficient (Wildman–Crippen LogP) is 3.88. The minimum atomic E-state index is -0.905. The fraction of sp³-hybridized carbons (Fsp3) is 0.194. The average Bonchev–Trinajstić information content (AvgIpc) is 2.94. The third-order valence-corrected chi connectivity index (χ3v) is 6.32. The van der Waals surface area contributed by atoms with Crippen LogP contribution in [0, 0.1) is 12.3 Å². The number of carbonyl (C=O) groups is 2. The van der Waals surface area contributed by atoms with Gasteiger partial charge in [0.2, 0.25) is 0 Å². The summed E-state index contributed by atoms with van der Waals surface area (Å²) in [6.07, 6.45) is 5.52. The number of amides is 1. The minimum Gasteiger partial charge on any atom is -0.481 e. The lowest BCUT2D eigenvalue weighted by molar-refractivity contribution is -0.136. The van der Waals surface area contributed by atoms with E-state index in [-0.39, 0.29) is 36.7 Å². The van der Waals surface area contributed by atoms with Crippen molar-refractivity contribution in [3.8, 4) is 0 Å². The summed E-state index contributed by atoms with van der Waals surface area (Å²) in [7, 11) is 0. The molecule has 0 atom stereocenters. The van der Waals surface area contributed by atoms with E-state index >= 15 is 0 Å². The molecule has 2 heterocycles. The number of aromatic nitrogens is 2. The van der Waals surface area contributed by atoms with E-state index in [1.165, 1.54) is 12.3 Å². The summed E-state index contributed by atoms with van der Waals surface area (Å²) in [5, 5.41) is 23.3. The summed E-state index contributed by atoms with van der Waals surface area (Å²) in [4.78, 5) is 39.9. The SMILES string of the molecule is Cc1ccc(NCCC(=O)O)c(C(=N)CNC(=O)c2cncc(Cc3ccc(Cn4ccccc4=O)cc3)c2)c1. The predicted molar refractivity (Wildman–Crippen MR) is 154 cm³/mol. The van der Waals surface area contributed by atoms with E-state index in [2.05, 4.69) is 15.6 Å². The standard InChI is InChI=1S/C31H31N5O4/c1-21-5-10-28(34-12-11-30(38)39)26(14-21)27(32)19-35-31(40)25-16-24(17-33-18-25)15-22-6-8-23(9-7-22)20-36-13-3-2-4-29(36)37/h2-10,13-14,16-18,32,34H,11-12,15,19-20H2,1H3,(H,35,40)(H,38,39). The zero-order chi connectivity index (χ0) is 28.5. The molecular weight excluding hydrogens is 506 g/mol. The van der Waals surface area contributed by atoms with Crippen LogP contribution in [0.25, 0.3) is 0 Å². The summed E-state index contributed by atoms with van der Waals surface area (Å²) in [6.45, 7) is 2.64. The smallest absolute Gasteiger partial charge is 0.305 e. The fourth-order valence-corrected chi connectivity index (χ4v) is 4.23. The molecule has 9 nitrogen and oxygen atoms in total. The highest BCUT2D eigenvalue weighted by molar-refractivity contribution is 6.07. The molecule has 4 rings (SSSR count). The molecule has 0 saturated carbocycles. The lowest BCUT2D eigenvalue weighted by atomic mass is 10.0. The molecule has 0 spiro atoms. The maximum atomic E-state index is 12.9. The number of carboxylic acids is 1. The van der Waals surface area contributed by atoms with E-state index in [9.17, 15) is 14.4 Å². The van der Waals surface area contributed by atoms with Gasteiger partial charge in [-0.3, -0.25) is 19.4 Å². The molecule has 204 valence electrons. The Kier molecular flexibility index (Phi) is 9.19. The molecule has 40 heavy (non-hydrogen) atoms. The van der Waals surface area contributed by atoms with Crippen molar-refractivity contribution >= 4 is 23.3 Å². The molecule has 0 unspecified atom stereocenters. The van der Waals surface area contributed by atoms with Crippen LogP contribution in [0.15, 0.2) is 90.1 Å². The molecular formula is C31H31N5O4. The summed E-state index contributed by atoms with van der Waals surface area (Å²) >= 11 is 0. The number of pyridine rings is 2. The first-order valence-electron chi connectivity index (χ1n) is 12.9. The highest BCUT2D eigenvalue weighted by Crippen LogP contribution is 2.18. The molecule has 0 bridgehead atoms. The van der Waals surface area contributed by atoms with Gasteiger partial charge in [-0.2, -0.15) is 0 Å². The van der Waals surface area contributed by atoms with Crippen LogP contribution in [0.5, 0.6) is 0 Å². The first kappa shape index (κ1) is 28.0. The van der Waals surface area contributed by atoms with Gasteiger partial charge in [-0.25, -0.2) is 0 Å². The highest BCUT2D eigenvalue weighted by atomic mass is 16.4. The third-order valence-electron chi connectivity index (χ3n) is 6.32. The monoisotopic (exact) mass is 537 g/mol. The van der Waals surface area contributed by atoms with E-state index in [1.807, 2.05) is 55.5 Å². The van der Waals surface area contributed by atoms with Gasteiger partial charge in [0.25, 0.3) is 11.5 Å². The second-order valence-corrected chi connectivity index (χ2v) is 9.52. The number of nitrogens with zero attached hydrogens (tertiary/aromatic N) is 2. The van der Waals surface area contributed by atoms with Crippen LogP contribution < -0.4 is 16.2 Å². The van der Waals surface area contributed by atoms with E-state index in [0.717, 1.165) is 22.3 Å². The van der Waals surface area contributed by atoms with Crippen molar-refractivity contribution < 1.29 is 14.7 Å². The Morgan fingerprint density at radius 1 is 0.975 bits per heavy atom. The largest absolute Gasteiger partial charge is 0.481 e. The number of carbonyl (C=O) groups excluding carboxylic acids is 1. The van der Waals surface area contributed by atoms with Gasteiger partial charge in [-0.1, -0.05) is 42.0 Å². The Morgan fingerprint density at radius 3 is 2.50 bits per heavy atom. The van der Waals surface area contributed by atoms with E-state index in [4.69, 9.17) is 10.5 Å². The van der Waals surface area contributed by atoms with Gasteiger partial charge >= 0.3 is 5.97 Å². The van der Waals surface area contributed by atoms with Crippen molar-refractivity contribution in [2.75, 3.05) is 18.4 Å². The molecule has 4 N–H and O–H groups in total. The number of hydrogen-bond donors (Lipinski definition) is 4. The number of nitrogens with one attached hydrogen (secondary N) is 3. The molecule has 0 radical (unpaired) electrons. The first-order chi connectivity index (χ1) is 19.3. The topological polar surface area (TPSA) is 137 Å². The molecule has 0 fully saturated rings. The Balaban J connectivity index is 1.36. The number of hydrogen-bond acceptors (Lipinski definition) is 6. The average molecular weight is 538 g/mol. The lowest BCUT2D eigenvalue weighted by Gasteiger charge is -2.14. The Hall–Kier alpha value is -5.05. The third kappa shape index (κ3) is 7.73. The quantitative estimate of drug-likeness (QED) is 0.203. The highest BCUT2D eigenvalue weighted by Gasteiger charge is 2.13. The van der Waals surface area contributed by atoms with Crippen molar-refractivity contribution in [3.05, 3.63) is 129 Å². The minimum absolute atomic E-state index is 0.00604. The number of aliphatic carboxylic acids is 1. The van der Waals surface area contributed by atoms with Crippen molar-refractivity contribution in [2.45, 2.75) is 26.3 Å². The Morgan fingerprint density at radius 2 is 1.75 bits per heavy atom. The van der Waals surface area contributed by atoms with Gasteiger partial charge in [0.15, 0.2) is 0 Å². The second-order valence-electron chi connectivity index (χ2n) is 9.52. The number of carboxylic acid groups (broad SMARTS) is 1. The van der Waals surface area contributed by atoms with Gasteiger partial charge in [0.1, 0.15) is 0 Å². The van der Waals surface area contributed by atoms with Crippen molar-refractivity contribution in [1.82, 2.24) is 14.9 Å². The van der Waals surface area contributed by atoms with Crippen LogP contribution in [-0.4, -0.2) is 45.3 Å². The van der Waals surface area contributed by atoms with Gasteiger partial charge in [-0.05, 0) is 54.3 Å². The molecule has 1 amide bonds. The van der Waals surface area contributed by atoms with E-state index in [0.29, 0.717) is 29.8 Å². The van der Waals surface area contributed by atoms with Crippen molar-refractivity contribution in [2.24, 2.45) is 0 Å². The maximum Gasteiger partial charge on any atom is 0.305 e. The molecule has 4 aromatic rings. The molecule has 0 saturated heterocycles. The van der Waals surface area contributed by atoms with Crippen LogP contribution in [0.3, 0.4) is 0 Å². The normalized spacial score (nSPS) is 10.6. The molecule has 2 aromatic carbocycles. The van der Waals surface area contributed by atoms with Gasteiger partial charge < -0.3 is 25.7 Å². The Labute approximate surface area is 232 Å². The fourth-order valence-electron chi connectivity index (χ4n) is 4.23. The molecule has 9 heteroatoms. The lowest BCUT2D eigenvalue weighted by Crippen LogP contribution is -2.30. The molecule has 0 aliphatic carbocycles. The second kappa shape index (κ2) is 13.1. The summed E-state index contributed by atoms with van der Waals surface area (Å²) < 4.78 is 1.65. The van der Waals surface area contributed by atoms with Crippen LogP contribution >= 0.6 is 0 Å². The number of aryl methyl sites for hydroxylation is 1. The van der Waals surface area contributed by atoms with Crippen LogP contribution in [0.2, 0.25) is 0 Å². The van der Waals surface area contributed by atoms with E-state index in [1.54, 1.807) is 29.1 Å². The number of rotatable bonds is 12. The zero-order valence-electron chi connectivity index (χ0n) is 22.2. The molecule has 2 aromatic heterocycles. The summed E-state index contributed by atoms with van der Waals surface area (Å²) in [5.74, 6) is -1.24. The van der Waals surface area contributed by atoms with Crippen molar-refractivity contribution in [3.63, 3.8) is 0 Å². The number of benzene rings is 2. The van der Waals surface area contributed by atoms with Crippen LogP contribution in [0.1, 0.15) is 44.6 Å². The molecule has 0 aliphatic heterocycles. The van der Waals surface area contributed by atoms with Crippen molar-refractivity contribution in [1.29, 1.82) is 5.41 Å². The Bertz CT molecular complexity index is 1580. The van der Waals surface area contributed by atoms with E-state index < -0.39 is 5.97 Å². The zero-order valence-corrected chi connectivity index (χ0v) is 22.2. The summed E-state index contributed by atoms with van der Waals surface area (Å²) in [6, 6.07) is 20.4. The summed E-state index contributed by atoms with van der Waals surface area (Å²) in [5.41, 5.74) is 5.70. The molecule has 0 aliphatic rings. The van der Waals surface area contributed by atoms with Gasteiger partial charge in [0.05, 0.1) is 30.8 Å². The van der Waals surface area contributed by atoms with Crippen LogP contribution in [-0.2, 0) is 17.8 Å². The number of anilines is 1. The van der Waals surface area contributed by atoms with Gasteiger partial charge in [-0.15, -0.1) is 0 Å².